The van der Waals surface area contributed by atoms with Crippen molar-refractivity contribution >= 4 is 11.0 Å². The zero-order chi connectivity index (χ0) is 24.0. The van der Waals surface area contributed by atoms with E-state index in [0.29, 0.717) is 0 Å². The molecule has 0 unspecified atom stereocenters. The van der Waals surface area contributed by atoms with Crippen LogP contribution < -0.4 is 10.2 Å². The van der Waals surface area contributed by atoms with E-state index in [9.17, 15) is 45.6 Å². The number of benzene rings is 2. The van der Waals surface area contributed by atoms with Crippen LogP contribution in [0.5, 0.6) is 28.7 Å². The van der Waals surface area contributed by atoms with Crippen molar-refractivity contribution in [3.63, 3.8) is 0 Å². The van der Waals surface area contributed by atoms with Crippen molar-refractivity contribution in [2.75, 3.05) is 6.61 Å². The molecule has 0 aliphatic carbocycles. The highest BCUT2D eigenvalue weighted by Crippen LogP contribution is 2.39. The van der Waals surface area contributed by atoms with Gasteiger partial charge in [-0.3, -0.25) is 4.79 Å². The Morgan fingerprint density at radius 1 is 0.818 bits per heavy atom. The lowest BCUT2D eigenvalue weighted by molar-refractivity contribution is -0.277. The van der Waals surface area contributed by atoms with Crippen molar-refractivity contribution in [1.82, 2.24) is 0 Å². The molecule has 0 bridgehead atoms. The van der Waals surface area contributed by atoms with Crippen LogP contribution in [0.1, 0.15) is 0 Å². The number of rotatable bonds is 4. The van der Waals surface area contributed by atoms with Gasteiger partial charge in [0.05, 0.1) is 12.2 Å². The highest BCUT2D eigenvalue weighted by molar-refractivity contribution is 5.86. The van der Waals surface area contributed by atoms with Gasteiger partial charge in [0, 0.05) is 24.3 Å². The van der Waals surface area contributed by atoms with Crippen LogP contribution in [0.2, 0.25) is 0 Å². The van der Waals surface area contributed by atoms with Gasteiger partial charge >= 0.3 is 0 Å². The second-order valence-corrected chi connectivity index (χ2v) is 7.46. The van der Waals surface area contributed by atoms with E-state index in [-0.39, 0.29) is 28.0 Å². The Kier molecular flexibility index (Phi) is 5.78. The number of phenolic OH excluding ortho intramolecular Hbond substituents is 4. The molecular formula is C21H20O12. The molecular weight excluding hydrogens is 444 g/mol. The van der Waals surface area contributed by atoms with E-state index >= 15 is 0 Å². The predicted molar refractivity (Wildman–Crippen MR) is 109 cm³/mol. The third-order valence-corrected chi connectivity index (χ3v) is 5.24. The number of hydrogen-bond acceptors (Lipinski definition) is 12. The van der Waals surface area contributed by atoms with Gasteiger partial charge < -0.3 is 54.7 Å². The van der Waals surface area contributed by atoms with Crippen molar-refractivity contribution in [1.29, 1.82) is 0 Å². The summed E-state index contributed by atoms with van der Waals surface area (Å²) in [6, 6.07) is 4.99. The van der Waals surface area contributed by atoms with Gasteiger partial charge in [-0.05, 0) is 6.07 Å². The Morgan fingerprint density at radius 2 is 1.52 bits per heavy atom. The van der Waals surface area contributed by atoms with Gasteiger partial charge in [-0.25, -0.2) is 0 Å². The second kappa shape index (κ2) is 8.42. The van der Waals surface area contributed by atoms with Gasteiger partial charge in [0.15, 0.2) is 16.9 Å². The normalized spacial score (nSPS) is 25.3. The summed E-state index contributed by atoms with van der Waals surface area (Å²) in [7, 11) is 0. The van der Waals surface area contributed by atoms with Gasteiger partial charge in [-0.15, -0.1) is 0 Å². The Hall–Kier alpha value is -3.55. The lowest BCUT2D eigenvalue weighted by Crippen LogP contribution is -2.60. The van der Waals surface area contributed by atoms with Crippen molar-refractivity contribution in [3.8, 4) is 40.1 Å². The molecule has 1 saturated heterocycles. The van der Waals surface area contributed by atoms with E-state index < -0.39 is 65.7 Å². The first-order valence-corrected chi connectivity index (χ1v) is 9.64. The van der Waals surface area contributed by atoms with Crippen LogP contribution in [-0.2, 0) is 4.74 Å². The number of ether oxygens (including phenoxy) is 2. The van der Waals surface area contributed by atoms with Crippen LogP contribution in [0.3, 0.4) is 0 Å². The molecule has 0 spiro atoms. The summed E-state index contributed by atoms with van der Waals surface area (Å²) in [5, 5.41) is 78.5. The van der Waals surface area contributed by atoms with Crippen LogP contribution in [0.4, 0.5) is 0 Å². The van der Waals surface area contributed by atoms with Crippen LogP contribution in [-0.4, -0.2) is 78.2 Å². The quantitative estimate of drug-likeness (QED) is 0.181. The summed E-state index contributed by atoms with van der Waals surface area (Å²) >= 11 is 0. The molecule has 1 fully saturated rings. The summed E-state index contributed by atoms with van der Waals surface area (Å²) in [6.45, 7) is -0.672. The molecule has 8 N–H and O–H groups in total. The molecule has 1 aliphatic rings. The highest BCUT2D eigenvalue weighted by Gasteiger charge is 2.44. The first-order valence-electron chi connectivity index (χ1n) is 9.64. The van der Waals surface area contributed by atoms with E-state index in [4.69, 9.17) is 13.9 Å². The third-order valence-electron chi connectivity index (χ3n) is 5.24. The van der Waals surface area contributed by atoms with E-state index in [2.05, 4.69) is 0 Å². The van der Waals surface area contributed by atoms with Crippen molar-refractivity contribution in [3.05, 3.63) is 40.6 Å². The van der Waals surface area contributed by atoms with Gasteiger partial charge in [-0.2, -0.15) is 0 Å². The predicted octanol–water partition coefficient (Wildman–Crippen LogP) is -0.539. The maximum absolute atomic E-state index is 12.6. The van der Waals surface area contributed by atoms with E-state index in [1.807, 2.05) is 0 Å². The number of aliphatic hydroxyl groups excluding tert-OH is 4. The first-order chi connectivity index (χ1) is 15.6. The van der Waals surface area contributed by atoms with Gasteiger partial charge in [0.1, 0.15) is 58.4 Å². The monoisotopic (exact) mass is 464 g/mol. The van der Waals surface area contributed by atoms with Crippen LogP contribution >= 0.6 is 0 Å². The number of aromatic hydroxyl groups is 4. The third kappa shape index (κ3) is 4.01. The van der Waals surface area contributed by atoms with Gasteiger partial charge in [0.25, 0.3) is 0 Å². The Bertz CT molecular complexity index is 1250. The fourth-order valence-electron chi connectivity index (χ4n) is 3.51. The average Bonchev–Trinajstić information content (AvgIpc) is 2.76. The lowest BCUT2D eigenvalue weighted by atomic mass is 9.99. The fourth-order valence-corrected chi connectivity index (χ4v) is 3.51. The van der Waals surface area contributed by atoms with Crippen molar-refractivity contribution in [2.24, 2.45) is 0 Å². The lowest BCUT2D eigenvalue weighted by Gasteiger charge is -2.39. The molecule has 4 rings (SSSR count). The Balaban J connectivity index is 1.75. The Labute approximate surface area is 184 Å². The smallest absolute Gasteiger partial charge is 0.229 e. The fraction of sp³-hybridized carbons (Fsp3) is 0.286. The summed E-state index contributed by atoms with van der Waals surface area (Å²) < 4.78 is 16.3. The molecule has 176 valence electrons. The number of aliphatic hydroxyl groups is 4. The van der Waals surface area contributed by atoms with E-state index in [1.165, 1.54) is 6.07 Å². The second-order valence-electron chi connectivity index (χ2n) is 7.46. The van der Waals surface area contributed by atoms with Crippen LogP contribution in [0, 0.1) is 0 Å². The van der Waals surface area contributed by atoms with Crippen LogP contribution in [0.15, 0.2) is 39.5 Å². The summed E-state index contributed by atoms with van der Waals surface area (Å²) in [6.07, 6.45) is -7.77. The standard InChI is InChI=1S/C21H20O12/c22-6-16-18(28)19(29)20(30)21(33-16)31-7-1-12(26)17-13(27)5-14(32-15(17)2-7)8-3-10(24)11(25)4-9(8)23/h1-5,16,18-26,28-30H,6H2/t16-,18-,19+,20-,21-/m1/s1. The molecule has 12 heteroatoms. The molecule has 1 aromatic heterocycles. The molecule has 2 heterocycles. The zero-order valence-corrected chi connectivity index (χ0v) is 16.7. The molecule has 0 amide bonds. The minimum atomic E-state index is -1.71. The zero-order valence-electron chi connectivity index (χ0n) is 16.7. The topological polar surface area (TPSA) is 211 Å². The van der Waals surface area contributed by atoms with E-state index in [1.54, 1.807) is 0 Å². The van der Waals surface area contributed by atoms with Crippen molar-refractivity contribution < 1.29 is 54.7 Å². The van der Waals surface area contributed by atoms with E-state index in [0.717, 1.165) is 24.3 Å². The minimum absolute atomic E-state index is 0.121. The largest absolute Gasteiger partial charge is 0.507 e. The number of fused-ring (bicyclic) bond motifs is 1. The molecule has 5 atom stereocenters. The maximum Gasteiger partial charge on any atom is 0.229 e. The van der Waals surface area contributed by atoms with Crippen molar-refractivity contribution in [2.45, 2.75) is 30.7 Å². The number of hydrogen-bond donors (Lipinski definition) is 8. The molecule has 1 aliphatic heterocycles. The highest BCUT2D eigenvalue weighted by atomic mass is 16.7. The average molecular weight is 464 g/mol. The molecule has 33 heavy (non-hydrogen) atoms. The molecule has 0 saturated carbocycles. The molecule has 12 nitrogen and oxygen atoms in total. The molecule has 2 aromatic carbocycles. The molecule has 0 radical (unpaired) electrons. The summed E-state index contributed by atoms with van der Waals surface area (Å²) in [5.74, 6) is -2.58. The summed E-state index contributed by atoms with van der Waals surface area (Å²) in [4.78, 5) is 12.6. The van der Waals surface area contributed by atoms with Gasteiger partial charge in [0.2, 0.25) is 6.29 Å². The van der Waals surface area contributed by atoms with Crippen LogP contribution in [0.25, 0.3) is 22.3 Å². The SMILES string of the molecule is O=c1cc(-c2cc(O)c(O)cc2O)oc2cc(O[C@@H]3O[C@H](CO)[C@@H](O)[C@H](O)[C@H]3O)cc(O)c12. The summed E-state index contributed by atoms with van der Waals surface area (Å²) in [5.41, 5.74) is -1.02. The van der Waals surface area contributed by atoms with Gasteiger partial charge in [-0.1, -0.05) is 0 Å². The maximum atomic E-state index is 12.6. The first kappa shape index (κ1) is 22.6. The minimum Gasteiger partial charge on any atom is -0.507 e. The Morgan fingerprint density at radius 3 is 2.21 bits per heavy atom. The molecule has 3 aromatic rings. The number of phenols is 4.